The van der Waals surface area contributed by atoms with Crippen molar-refractivity contribution in [1.82, 2.24) is 10.2 Å². The number of esters is 1. The van der Waals surface area contributed by atoms with E-state index in [1.54, 1.807) is 24.3 Å². The second-order valence-electron chi connectivity index (χ2n) is 7.95. The number of benzene rings is 2. The molecular weight excluding hydrogens is 396 g/mol. The molecule has 3 rings (SSSR count). The van der Waals surface area contributed by atoms with Crippen LogP contribution in [0.4, 0.5) is 0 Å². The van der Waals surface area contributed by atoms with Crippen LogP contribution in [-0.4, -0.2) is 40.7 Å². The van der Waals surface area contributed by atoms with Crippen molar-refractivity contribution < 1.29 is 23.9 Å². The first kappa shape index (κ1) is 22.2. The second-order valence-corrected chi connectivity index (χ2v) is 7.95. The minimum absolute atomic E-state index is 0.0177. The lowest BCUT2D eigenvalue weighted by Gasteiger charge is -2.27. The molecule has 3 amide bonds. The number of imide groups is 1. The van der Waals surface area contributed by atoms with Crippen LogP contribution in [0.3, 0.4) is 0 Å². The summed E-state index contributed by atoms with van der Waals surface area (Å²) in [7, 11) is 0. The van der Waals surface area contributed by atoms with E-state index in [0.717, 1.165) is 10.5 Å². The van der Waals surface area contributed by atoms with E-state index in [1.165, 1.54) is 6.92 Å². The number of amides is 3. The Bertz CT molecular complexity index is 951. The molecule has 7 nitrogen and oxygen atoms in total. The van der Waals surface area contributed by atoms with E-state index >= 15 is 0 Å². The zero-order chi connectivity index (χ0) is 22.5. The molecule has 0 aliphatic carbocycles. The molecule has 0 radical (unpaired) electrons. The van der Waals surface area contributed by atoms with E-state index in [9.17, 15) is 19.2 Å². The van der Waals surface area contributed by atoms with Gasteiger partial charge in [-0.2, -0.15) is 0 Å². The van der Waals surface area contributed by atoms with Crippen molar-refractivity contribution in [2.75, 3.05) is 0 Å². The highest BCUT2D eigenvalue weighted by molar-refractivity contribution is 6.22. The van der Waals surface area contributed by atoms with Crippen LogP contribution >= 0.6 is 0 Å². The Labute approximate surface area is 181 Å². The van der Waals surface area contributed by atoms with Gasteiger partial charge in [0.25, 0.3) is 17.7 Å². The maximum Gasteiger partial charge on any atom is 0.330 e. The molecular formula is C24H26N2O5. The van der Waals surface area contributed by atoms with Crippen molar-refractivity contribution in [1.29, 1.82) is 0 Å². The number of nitrogens with zero attached hydrogens (tertiary/aromatic N) is 1. The Morgan fingerprint density at radius 3 is 2.00 bits per heavy atom. The van der Waals surface area contributed by atoms with Gasteiger partial charge in [0, 0.05) is 6.54 Å². The topological polar surface area (TPSA) is 92.8 Å². The quantitative estimate of drug-likeness (QED) is 0.522. The predicted molar refractivity (Wildman–Crippen MR) is 114 cm³/mol. The summed E-state index contributed by atoms with van der Waals surface area (Å²) in [6, 6.07) is 14.7. The fraction of sp³-hybridized carbons (Fsp3) is 0.333. The van der Waals surface area contributed by atoms with Gasteiger partial charge in [-0.15, -0.1) is 0 Å². The molecule has 0 aromatic heterocycles. The van der Waals surface area contributed by atoms with Crippen molar-refractivity contribution >= 4 is 23.7 Å². The summed E-state index contributed by atoms with van der Waals surface area (Å²) in [4.78, 5) is 52.0. The molecule has 0 bridgehead atoms. The summed E-state index contributed by atoms with van der Waals surface area (Å²) < 4.78 is 5.37. The van der Waals surface area contributed by atoms with Crippen LogP contribution < -0.4 is 5.32 Å². The van der Waals surface area contributed by atoms with Gasteiger partial charge < -0.3 is 10.1 Å². The molecule has 1 aliphatic heterocycles. The molecule has 1 heterocycles. The Hall–Kier alpha value is -3.48. The summed E-state index contributed by atoms with van der Waals surface area (Å²) in [6.45, 7) is 5.53. The number of fused-ring (bicyclic) bond motifs is 1. The minimum atomic E-state index is -1.10. The van der Waals surface area contributed by atoms with Crippen molar-refractivity contribution in [2.24, 2.45) is 5.92 Å². The van der Waals surface area contributed by atoms with Gasteiger partial charge in [-0.3, -0.25) is 19.3 Å². The van der Waals surface area contributed by atoms with Gasteiger partial charge in [0.1, 0.15) is 6.04 Å². The molecule has 0 saturated carbocycles. The number of hydrogen-bond acceptors (Lipinski definition) is 5. The summed E-state index contributed by atoms with van der Waals surface area (Å²) >= 11 is 0. The van der Waals surface area contributed by atoms with Crippen molar-refractivity contribution in [3.8, 4) is 0 Å². The van der Waals surface area contributed by atoms with E-state index in [2.05, 4.69) is 5.32 Å². The lowest BCUT2D eigenvalue weighted by molar-refractivity contribution is -0.159. The zero-order valence-electron chi connectivity index (χ0n) is 17.8. The fourth-order valence-corrected chi connectivity index (χ4v) is 3.48. The highest BCUT2D eigenvalue weighted by Gasteiger charge is 2.44. The van der Waals surface area contributed by atoms with Gasteiger partial charge in [-0.05, 0) is 37.0 Å². The minimum Gasteiger partial charge on any atom is -0.451 e. The van der Waals surface area contributed by atoms with Crippen LogP contribution in [0, 0.1) is 5.92 Å². The van der Waals surface area contributed by atoms with Gasteiger partial charge in [-0.25, -0.2) is 4.79 Å². The number of rotatable bonds is 8. The lowest BCUT2D eigenvalue weighted by Crippen LogP contribution is -2.48. The van der Waals surface area contributed by atoms with Crippen molar-refractivity contribution in [2.45, 2.75) is 45.9 Å². The molecule has 1 aliphatic rings. The van der Waals surface area contributed by atoms with E-state index in [0.29, 0.717) is 6.54 Å². The Balaban J connectivity index is 1.69. The molecule has 31 heavy (non-hydrogen) atoms. The maximum absolute atomic E-state index is 12.9. The van der Waals surface area contributed by atoms with Crippen LogP contribution in [0.25, 0.3) is 0 Å². The van der Waals surface area contributed by atoms with E-state index in [4.69, 9.17) is 4.74 Å². The molecule has 0 unspecified atom stereocenters. The molecule has 2 aromatic rings. The molecule has 0 spiro atoms. The molecule has 2 atom stereocenters. The highest BCUT2D eigenvalue weighted by Crippen LogP contribution is 2.27. The first-order valence-corrected chi connectivity index (χ1v) is 10.3. The van der Waals surface area contributed by atoms with Crippen molar-refractivity contribution in [3.05, 3.63) is 71.3 Å². The molecule has 2 aromatic carbocycles. The Morgan fingerprint density at radius 2 is 1.45 bits per heavy atom. The third-order valence-electron chi connectivity index (χ3n) is 5.08. The summed E-state index contributed by atoms with van der Waals surface area (Å²) in [5, 5.41) is 2.72. The number of carbonyl (C=O) groups is 4. The average Bonchev–Trinajstić information content (AvgIpc) is 3.01. The van der Waals surface area contributed by atoms with Gasteiger partial charge >= 0.3 is 5.97 Å². The summed E-state index contributed by atoms with van der Waals surface area (Å²) in [5.41, 5.74) is 1.45. The van der Waals surface area contributed by atoms with Gasteiger partial charge in [-0.1, -0.05) is 56.3 Å². The van der Waals surface area contributed by atoms with Crippen LogP contribution in [0.15, 0.2) is 54.6 Å². The predicted octanol–water partition coefficient (Wildman–Crippen LogP) is 2.95. The summed E-state index contributed by atoms with van der Waals surface area (Å²) in [5.74, 6) is -2.26. The Kier molecular flexibility index (Phi) is 6.84. The second kappa shape index (κ2) is 9.55. The van der Waals surface area contributed by atoms with Crippen LogP contribution in [-0.2, 0) is 20.9 Å². The van der Waals surface area contributed by atoms with Crippen molar-refractivity contribution in [3.63, 3.8) is 0 Å². The molecule has 1 N–H and O–H groups in total. The smallest absolute Gasteiger partial charge is 0.330 e. The fourth-order valence-electron chi connectivity index (χ4n) is 3.48. The largest absolute Gasteiger partial charge is 0.451 e. The first-order chi connectivity index (χ1) is 14.8. The first-order valence-electron chi connectivity index (χ1n) is 10.3. The van der Waals surface area contributed by atoms with E-state index < -0.39 is 35.8 Å². The number of ether oxygens (including phenoxy) is 1. The zero-order valence-corrected chi connectivity index (χ0v) is 17.8. The maximum atomic E-state index is 12.9. The third-order valence-corrected chi connectivity index (χ3v) is 5.08. The van der Waals surface area contributed by atoms with E-state index in [1.807, 2.05) is 44.2 Å². The number of nitrogens with one attached hydrogen (secondary N) is 1. The molecule has 162 valence electrons. The van der Waals surface area contributed by atoms with Crippen LogP contribution in [0.1, 0.15) is 53.5 Å². The monoisotopic (exact) mass is 422 g/mol. The van der Waals surface area contributed by atoms with Crippen LogP contribution in [0.2, 0.25) is 0 Å². The lowest BCUT2D eigenvalue weighted by atomic mass is 10.0. The standard InChI is InChI=1S/C24H26N2O5/c1-15(2)13-20(26-22(28)18-11-7-8-12-19(18)23(26)29)24(30)31-16(3)21(27)25-14-17-9-5-4-6-10-17/h4-12,15-16,20H,13-14H2,1-3H3,(H,25,27)/t16-,20+/m1/s1. The third kappa shape index (κ3) is 4.99. The SMILES string of the molecule is CC(C)C[C@@H](C(=O)O[C@H](C)C(=O)NCc1ccccc1)N1C(=O)c2ccccc2C1=O. The normalized spacial score (nSPS) is 14.9. The Morgan fingerprint density at radius 1 is 0.903 bits per heavy atom. The molecule has 7 heteroatoms. The van der Waals surface area contributed by atoms with Crippen LogP contribution in [0.5, 0.6) is 0 Å². The van der Waals surface area contributed by atoms with Gasteiger partial charge in [0.2, 0.25) is 0 Å². The molecule has 0 saturated heterocycles. The average molecular weight is 422 g/mol. The van der Waals surface area contributed by atoms with Gasteiger partial charge in [0.05, 0.1) is 11.1 Å². The van der Waals surface area contributed by atoms with E-state index in [-0.39, 0.29) is 23.5 Å². The van der Waals surface area contributed by atoms with Gasteiger partial charge in [0.15, 0.2) is 6.10 Å². The highest BCUT2D eigenvalue weighted by atomic mass is 16.5. The molecule has 0 fully saturated rings. The number of carbonyl (C=O) groups excluding carboxylic acids is 4. The summed E-state index contributed by atoms with van der Waals surface area (Å²) in [6.07, 6.45) is -0.830. The number of hydrogen-bond donors (Lipinski definition) is 1.